The van der Waals surface area contributed by atoms with E-state index in [4.69, 9.17) is 16.7 Å². The quantitative estimate of drug-likeness (QED) is 0.859. The molecule has 0 aliphatic rings. The average molecular weight is 268 g/mol. The van der Waals surface area contributed by atoms with Crippen molar-refractivity contribution >= 4 is 17.3 Å². The highest BCUT2D eigenvalue weighted by atomic mass is 35.5. The lowest BCUT2D eigenvalue weighted by Crippen LogP contribution is -2.23. The molecule has 1 rings (SSSR count). The number of benzene rings is 1. The minimum absolute atomic E-state index is 0.0422. The Morgan fingerprint density at radius 2 is 2.06 bits per heavy atom. The summed E-state index contributed by atoms with van der Waals surface area (Å²) in [6.45, 7) is -0.184. The Morgan fingerprint density at radius 3 is 2.59 bits per heavy atom. The van der Waals surface area contributed by atoms with E-state index < -0.39 is 18.3 Å². The van der Waals surface area contributed by atoms with E-state index in [2.05, 4.69) is 5.32 Å². The molecule has 0 unspecified atom stereocenters. The molecule has 17 heavy (non-hydrogen) atoms. The number of hydrogen-bond donors (Lipinski definition) is 2. The lowest BCUT2D eigenvalue weighted by atomic mass is 10.1. The number of aliphatic hydroxyl groups excluding tert-OH is 1. The molecule has 0 radical (unpaired) electrons. The minimum atomic E-state index is -2.93. The molecule has 96 valence electrons. The Morgan fingerprint density at radius 1 is 1.41 bits per heavy atom. The van der Waals surface area contributed by atoms with Crippen molar-refractivity contribution in [2.75, 3.05) is 18.5 Å². The van der Waals surface area contributed by atoms with Crippen LogP contribution in [0.2, 0.25) is 5.02 Å². The highest BCUT2D eigenvalue weighted by molar-refractivity contribution is 6.31. The first kappa shape index (κ1) is 14.1. The van der Waals surface area contributed by atoms with Gasteiger partial charge in [-0.1, -0.05) is 11.6 Å². The van der Waals surface area contributed by atoms with Gasteiger partial charge in [0.25, 0.3) is 5.92 Å². The molecule has 2 nitrogen and oxygen atoms in total. The van der Waals surface area contributed by atoms with Crippen molar-refractivity contribution in [2.24, 2.45) is 0 Å². The fraction of sp³-hybridized carbons (Fsp3) is 0.455. The van der Waals surface area contributed by atoms with Crippen molar-refractivity contribution < 1.29 is 18.3 Å². The van der Waals surface area contributed by atoms with Crippen LogP contribution in [0.3, 0.4) is 0 Å². The van der Waals surface area contributed by atoms with E-state index in [9.17, 15) is 13.2 Å². The SMILES string of the molecule is CC(F)(F)CNc1ccc(Cl)c(CCO)c1F. The number of halogens is 4. The van der Waals surface area contributed by atoms with Crippen LogP contribution in [0.1, 0.15) is 12.5 Å². The normalized spacial score (nSPS) is 11.6. The maximum absolute atomic E-state index is 13.8. The largest absolute Gasteiger partial charge is 0.396 e. The second-order valence-electron chi connectivity index (χ2n) is 3.78. The molecule has 0 amide bonds. The smallest absolute Gasteiger partial charge is 0.262 e. The third kappa shape index (κ3) is 4.09. The topological polar surface area (TPSA) is 32.3 Å². The fourth-order valence-electron chi connectivity index (χ4n) is 1.33. The van der Waals surface area contributed by atoms with Crippen LogP contribution in [-0.4, -0.2) is 24.2 Å². The fourth-order valence-corrected chi connectivity index (χ4v) is 1.57. The molecule has 0 saturated heterocycles. The zero-order chi connectivity index (χ0) is 13.1. The van der Waals surface area contributed by atoms with Crippen molar-refractivity contribution in [3.63, 3.8) is 0 Å². The van der Waals surface area contributed by atoms with Crippen LogP contribution < -0.4 is 5.32 Å². The first-order valence-corrected chi connectivity index (χ1v) is 5.42. The summed E-state index contributed by atoms with van der Waals surface area (Å²) in [6, 6.07) is 2.70. The molecule has 0 spiro atoms. The summed E-state index contributed by atoms with van der Waals surface area (Å²) >= 11 is 5.74. The number of anilines is 1. The van der Waals surface area contributed by atoms with Gasteiger partial charge in [0.1, 0.15) is 0 Å². The highest BCUT2D eigenvalue weighted by Crippen LogP contribution is 2.26. The number of aliphatic hydroxyl groups is 1. The molecule has 0 fully saturated rings. The molecular weight excluding hydrogens is 255 g/mol. The Kier molecular flexibility index (Phi) is 4.65. The third-order valence-corrected chi connectivity index (χ3v) is 2.49. The summed E-state index contributed by atoms with van der Waals surface area (Å²) in [7, 11) is 0. The number of hydrogen-bond acceptors (Lipinski definition) is 2. The lowest BCUT2D eigenvalue weighted by Gasteiger charge is -2.15. The van der Waals surface area contributed by atoms with E-state index in [1.165, 1.54) is 12.1 Å². The van der Waals surface area contributed by atoms with E-state index in [-0.39, 0.29) is 29.3 Å². The van der Waals surface area contributed by atoms with Crippen molar-refractivity contribution in [2.45, 2.75) is 19.3 Å². The van der Waals surface area contributed by atoms with Gasteiger partial charge in [-0.15, -0.1) is 0 Å². The lowest BCUT2D eigenvalue weighted by molar-refractivity contribution is 0.0367. The predicted octanol–water partition coefficient (Wildman–Crippen LogP) is 3.08. The molecule has 2 N–H and O–H groups in total. The van der Waals surface area contributed by atoms with Gasteiger partial charge in [-0.25, -0.2) is 13.2 Å². The monoisotopic (exact) mass is 267 g/mol. The van der Waals surface area contributed by atoms with Crippen LogP contribution >= 0.6 is 11.6 Å². The number of alkyl halides is 2. The van der Waals surface area contributed by atoms with Gasteiger partial charge in [0, 0.05) is 24.1 Å². The molecule has 0 atom stereocenters. The van der Waals surface area contributed by atoms with Gasteiger partial charge >= 0.3 is 0 Å². The highest BCUT2D eigenvalue weighted by Gasteiger charge is 2.21. The maximum atomic E-state index is 13.8. The maximum Gasteiger partial charge on any atom is 0.262 e. The summed E-state index contributed by atoms with van der Waals surface area (Å²) in [5, 5.41) is 11.2. The third-order valence-electron chi connectivity index (χ3n) is 2.14. The van der Waals surface area contributed by atoms with Crippen LogP contribution in [0.5, 0.6) is 0 Å². The zero-order valence-electron chi connectivity index (χ0n) is 9.24. The first-order chi connectivity index (χ1) is 7.85. The molecule has 1 aromatic rings. The molecule has 1 aromatic carbocycles. The zero-order valence-corrected chi connectivity index (χ0v) is 9.99. The van der Waals surface area contributed by atoms with Gasteiger partial charge < -0.3 is 10.4 Å². The van der Waals surface area contributed by atoms with Crippen molar-refractivity contribution in [1.82, 2.24) is 0 Å². The Labute approximate surface area is 102 Å². The molecule has 0 saturated carbocycles. The van der Waals surface area contributed by atoms with E-state index in [1.54, 1.807) is 0 Å². The Bertz CT molecular complexity index is 393. The summed E-state index contributed by atoms with van der Waals surface area (Å²) in [4.78, 5) is 0. The average Bonchev–Trinajstić information content (AvgIpc) is 2.22. The predicted molar refractivity (Wildman–Crippen MR) is 61.3 cm³/mol. The van der Waals surface area contributed by atoms with Gasteiger partial charge in [-0.2, -0.15) is 0 Å². The molecule has 0 aliphatic carbocycles. The van der Waals surface area contributed by atoms with Crippen molar-refractivity contribution in [1.29, 1.82) is 0 Å². The van der Waals surface area contributed by atoms with Gasteiger partial charge in [-0.3, -0.25) is 0 Å². The Balaban J connectivity index is 2.90. The van der Waals surface area contributed by atoms with Crippen LogP contribution in [0, 0.1) is 5.82 Å². The standard InChI is InChI=1S/C11H13ClF3NO/c1-11(14,15)6-16-9-3-2-8(12)7(4-5-17)10(9)13/h2-3,16-17H,4-6H2,1H3. The van der Waals surface area contributed by atoms with Gasteiger partial charge in [-0.05, 0) is 18.6 Å². The van der Waals surface area contributed by atoms with Crippen LogP contribution in [-0.2, 0) is 6.42 Å². The summed E-state index contributed by atoms with van der Waals surface area (Å²) in [5.41, 5.74) is 0.0814. The second kappa shape index (κ2) is 5.60. The number of rotatable bonds is 5. The van der Waals surface area contributed by atoms with E-state index in [0.717, 1.165) is 6.92 Å². The van der Waals surface area contributed by atoms with E-state index in [0.29, 0.717) is 0 Å². The molecular formula is C11H13ClF3NO. The first-order valence-electron chi connectivity index (χ1n) is 5.04. The second-order valence-corrected chi connectivity index (χ2v) is 4.19. The number of nitrogens with one attached hydrogen (secondary N) is 1. The van der Waals surface area contributed by atoms with Crippen molar-refractivity contribution in [3.05, 3.63) is 28.5 Å². The van der Waals surface area contributed by atoms with Gasteiger partial charge in [0.05, 0.1) is 12.2 Å². The van der Waals surface area contributed by atoms with E-state index in [1.807, 2.05) is 0 Å². The molecule has 0 heterocycles. The summed E-state index contributed by atoms with van der Waals surface area (Å²) < 4.78 is 39.0. The molecule has 0 aromatic heterocycles. The summed E-state index contributed by atoms with van der Waals surface area (Å²) in [5.74, 6) is -3.63. The van der Waals surface area contributed by atoms with Crippen LogP contribution in [0.15, 0.2) is 12.1 Å². The van der Waals surface area contributed by atoms with Crippen LogP contribution in [0.25, 0.3) is 0 Å². The molecule has 0 aliphatic heterocycles. The van der Waals surface area contributed by atoms with Crippen molar-refractivity contribution in [3.8, 4) is 0 Å². The Hall–Kier alpha value is -0.940. The van der Waals surface area contributed by atoms with Gasteiger partial charge in [0.2, 0.25) is 0 Å². The molecule has 0 bridgehead atoms. The van der Waals surface area contributed by atoms with E-state index >= 15 is 0 Å². The minimum Gasteiger partial charge on any atom is -0.396 e. The summed E-state index contributed by atoms with van der Waals surface area (Å²) in [6.07, 6.45) is 0.0443. The van der Waals surface area contributed by atoms with Crippen LogP contribution in [0.4, 0.5) is 18.9 Å². The van der Waals surface area contributed by atoms with Gasteiger partial charge in [0.15, 0.2) is 5.82 Å². The molecule has 6 heteroatoms.